The molecular weight excluding hydrogens is 424 g/mol. The Morgan fingerprint density at radius 2 is 1.59 bits per heavy atom. The molecule has 2 aromatic rings. The van der Waals surface area contributed by atoms with Gasteiger partial charge in [0.05, 0.1) is 5.57 Å². The van der Waals surface area contributed by atoms with Crippen molar-refractivity contribution in [3.05, 3.63) is 70.4 Å². The van der Waals surface area contributed by atoms with E-state index in [9.17, 15) is 9.59 Å². The molecule has 0 saturated heterocycles. The molecule has 1 aliphatic rings. The van der Waals surface area contributed by atoms with Gasteiger partial charge in [-0.05, 0) is 54.2 Å². The zero-order valence-electron chi connectivity index (χ0n) is 19.0. The number of nitrogens with zero attached hydrogens (tertiary/aromatic N) is 1. The lowest BCUT2D eigenvalue weighted by molar-refractivity contribution is -0.137. The number of carbonyl (C=O) groups excluding carboxylic acids is 2. The summed E-state index contributed by atoms with van der Waals surface area (Å²) in [4.78, 5) is 27.8. The van der Waals surface area contributed by atoms with Crippen molar-refractivity contribution in [2.24, 2.45) is 0 Å². The average molecular weight is 455 g/mol. The van der Waals surface area contributed by atoms with Crippen molar-refractivity contribution in [2.45, 2.75) is 46.0 Å². The van der Waals surface area contributed by atoms with Crippen LogP contribution in [-0.4, -0.2) is 36.5 Å². The van der Waals surface area contributed by atoms with Crippen LogP contribution in [0.1, 0.15) is 57.1 Å². The minimum Gasteiger partial charge on any atom is -0.381 e. The summed E-state index contributed by atoms with van der Waals surface area (Å²) in [7, 11) is 0. The van der Waals surface area contributed by atoms with E-state index in [0.717, 1.165) is 18.5 Å². The number of carbonyl (C=O) groups is 2. The zero-order valence-corrected chi connectivity index (χ0v) is 19.7. The molecule has 2 amide bonds. The number of amides is 2. The van der Waals surface area contributed by atoms with Crippen LogP contribution in [0.3, 0.4) is 0 Å². The van der Waals surface area contributed by atoms with Crippen LogP contribution in [0.5, 0.6) is 0 Å². The van der Waals surface area contributed by atoms with Gasteiger partial charge in [0, 0.05) is 30.5 Å². The van der Waals surface area contributed by atoms with Crippen LogP contribution in [0.25, 0.3) is 5.57 Å². The summed E-state index contributed by atoms with van der Waals surface area (Å²) < 4.78 is 5.59. The number of rotatable bonds is 11. The maximum absolute atomic E-state index is 13.2. The Morgan fingerprint density at radius 1 is 0.938 bits per heavy atom. The zero-order chi connectivity index (χ0) is 23.1. The molecule has 0 radical (unpaired) electrons. The van der Waals surface area contributed by atoms with E-state index >= 15 is 0 Å². The van der Waals surface area contributed by atoms with E-state index < -0.39 is 0 Å². The predicted molar refractivity (Wildman–Crippen MR) is 130 cm³/mol. The van der Waals surface area contributed by atoms with Gasteiger partial charge in [0.15, 0.2) is 0 Å². The van der Waals surface area contributed by atoms with E-state index in [2.05, 4.69) is 26.1 Å². The fraction of sp³-hybridized carbons (Fsp3) is 0.385. The third kappa shape index (κ3) is 5.78. The van der Waals surface area contributed by atoms with Gasteiger partial charge in [0.1, 0.15) is 5.70 Å². The molecule has 0 spiro atoms. The van der Waals surface area contributed by atoms with Crippen molar-refractivity contribution in [3.8, 4) is 0 Å². The number of benzene rings is 2. The molecule has 0 unspecified atom stereocenters. The summed E-state index contributed by atoms with van der Waals surface area (Å²) in [6, 6.07) is 14.9. The molecule has 170 valence electrons. The molecule has 0 bridgehead atoms. The molecule has 32 heavy (non-hydrogen) atoms. The van der Waals surface area contributed by atoms with Gasteiger partial charge in [-0.25, -0.2) is 0 Å². The fourth-order valence-corrected chi connectivity index (χ4v) is 3.67. The number of anilines is 1. The second-order valence-corrected chi connectivity index (χ2v) is 8.68. The van der Waals surface area contributed by atoms with Crippen LogP contribution in [0.2, 0.25) is 5.02 Å². The highest BCUT2D eigenvalue weighted by atomic mass is 35.5. The molecule has 3 rings (SSSR count). The Kier molecular flexibility index (Phi) is 8.48. The van der Waals surface area contributed by atoms with Crippen LogP contribution in [0, 0.1) is 0 Å². The summed E-state index contributed by atoms with van der Waals surface area (Å²) in [5.41, 5.74) is 3.30. The number of ether oxygens (including phenoxy) is 1. The maximum atomic E-state index is 13.2. The Balaban J connectivity index is 1.82. The molecular formula is C26H31ClN2O3. The van der Waals surface area contributed by atoms with Crippen molar-refractivity contribution in [1.29, 1.82) is 0 Å². The van der Waals surface area contributed by atoms with Gasteiger partial charge in [-0.3, -0.25) is 14.5 Å². The molecule has 1 N–H and O–H groups in total. The fourth-order valence-electron chi connectivity index (χ4n) is 3.55. The van der Waals surface area contributed by atoms with E-state index in [1.54, 1.807) is 24.3 Å². The normalized spacial score (nSPS) is 14.1. The molecule has 0 atom stereocenters. The van der Waals surface area contributed by atoms with Crippen LogP contribution >= 0.6 is 11.6 Å². The van der Waals surface area contributed by atoms with Crippen LogP contribution < -0.4 is 5.32 Å². The summed E-state index contributed by atoms with van der Waals surface area (Å²) in [6.45, 7) is 7.91. The first-order valence-electron chi connectivity index (χ1n) is 11.2. The molecule has 0 saturated carbocycles. The summed E-state index contributed by atoms with van der Waals surface area (Å²) in [6.07, 6.45) is 2.68. The second-order valence-electron chi connectivity index (χ2n) is 8.24. The van der Waals surface area contributed by atoms with Gasteiger partial charge >= 0.3 is 0 Å². The Morgan fingerprint density at radius 3 is 2.22 bits per heavy atom. The summed E-state index contributed by atoms with van der Waals surface area (Å²) in [5.74, 6) is -0.203. The van der Waals surface area contributed by atoms with Crippen LogP contribution in [0.4, 0.5) is 5.69 Å². The van der Waals surface area contributed by atoms with Crippen LogP contribution in [-0.2, 0) is 14.3 Å². The van der Waals surface area contributed by atoms with Crippen molar-refractivity contribution in [3.63, 3.8) is 0 Å². The molecule has 2 aromatic carbocycles. The molecule has 0 aliphatic carbocycles. The van der Waals surface area contributed by atoms with Gasteiger partial charge < -0.3 is 10.1 Å². The molecule has 6 heteroatoms. The van der Waals surface area contributed by atoms with E-state index in [1.807, 2.05) is 24.3 Å². The largest absolute Gasteiger partial charge is 0.381 e. The average Bonchev–Trinajstić information content (AvgIpc) is 3.01. The summed E-state index contributed by atoms with van der Waals surface area (Å²) in [5, 5.41) is 3.78. The number of imide groups is 1. The SMILES string of the molecule is CCCCOCCCN1C(=O)C(Nc2ccc(C(C)C)cc2)=C(c2ccc(Cl)cc2)C1=O. The number of hydrogen-bond donors (Lipinski definition) is 1. The highest BCUT2D eigenvalue weighted by Crippen LogP contribution is 2.31. The predicted octanol–water partition coefficient (Wildman–Crippen LogP) is 5.86. The van der Waals surface area contributed by atoms with Gasteiger partial charge in [-0.2, -0.15) is 0 Å². The lowest BCUT2D eigenvalue weighted by atomic mass is 10.0. The van der Waals surface area contributed by atoms with E-state index in [1.165, 1.54) is 10.5 Å². The molecule has 0 fully saturated rings. The van der Waals surface area contributed by atoms with Crippen LogP contribution in [0.15, 0.2) is 54.2 Å². The van der Waals surface area contributed by atoms with E-state index in [-0.39, 0.29) is 11.8 Å². The Hall–Kier alpha value is -2.63. The first-order valence-corrected chi connectivity index (χ1v) is 11.6. The van der Waals surface area contributed by atoms with Crippen molar-refractivity contribution < 1.29 is 14.3 Å². The number of hydrogen-bond acceptors (Lipinski definition) is 4. The number of nitrogens with one attached hydrogen (secondary N) is 1. The first-order chi connectivity index (χ1) is 15.4. The minimum absolute atomic E-state index is 0.293. The van der Waals surface area contributed by atoms with Crippen molar-refractivity contribution in [2.75, 3.05) is 25.1 Å². The third-order valence-electron chi connectivity index (χ3n) is 5.46. The van der Waals surface area contributed by atoms with E-state index in [4.69, 9.17) is 16.3 Å². The molecule has 1 aliphatic heterocycles. The Bertz CT molecular complexity index is 966. The third-order valence-corrected chi connectivity index (χ3v) is 5.71. The first kappa shape index (κ1) is 24.0. The molecule has 0 aromatic heterocycles. The number of halogens is 1. The second kappa shape index (κ2) is 11.3. The molecule has 1 heterocycles. The highest BCUT2D eigenvalue weighted by Gasteiger charge is 2.38. The van der Waals surface area contributed by atoms with Gasteiger partial charge in [-0.1, -0.05) is 63.1 Å². The van der Waals surface area contributed by atoms with Gasteiger partial charge in [-0.15, -0.1) is 0 Å². The lowest BCUT2D eigenvalue weighted by Gasteiger charge is -2.15. The lowest BCUT2D eigenvalue weighted by Crippen LogP contribution is -2.34. The summed E-state index contributed by atoms with van der Waals surface area (Å²) >= 11 is 6.03. The Labute approximate surface area is 195 Å². The standard InChI is InChI=1S/C26H31ClN2O3/c1-4-5-16-32-17-6-15-29-25(30)23(20-7-11-21(27)12-8-20)24(26(29)31)28-22-13-9-19(10-14-22)18(2)3/h7-14,18,28H,4-6,15-17H2,1-3H3. The van der Waals surface area contributed by atoms with Crippen molar-refractivity contribution >= 4 is 34.7 Å². The smallest absolute Gasteiger partial charge is 0.278 e. The number of unbranched alkanes of at least 4 members (excludes halogenated alkanes) is 1. The maximum Gasteiger partial charge on any atom is 0.278 e. The topological polar surface area (TPSA) is 58.6 Å². The van der Waals surface area contributed by atoms with Gasteiger partial charge in [0.2, 0.25) is 0 Å². The quantitative estimate of drug-likeness (QED) is 0.341. The van der Waals surface area contributed by atoms with Crippen molar-refractivity contribution in [1.82, 2.24) is 4.90 Å². The molecule has 5 nitrogen and oxygen atoms in total. The highest BCUT2D eigenvalue weighted by molar-refractivity contribution is 6.36. The minimum atomic E-state index is -0.318. The van der Waals surface area contributed by atoms with E-state index in [0.29, 0.717) is 54.0 Å². The monoisotopic (exact) mass is 454 g/mol. The van der Waals surface area contributed by atoms with Gasteiger partial charge in [0.25, 0.3) is 11.8 Å².